The number of allylic oxidation sites excluding steroid dienone is 4. The van der Waals surface area contributed by atoms with E-state index >= 15 is 0 Å². The summed E-state index contributed by atoms with van der Waals surface area (Å²) in [7, 11) is 0. The molecule has 0 spiro atoms. The van der Waals surface area contributed by atoms with Gasteiger partial charge in [-0.3, -0.25) is 0 Å². The molecule has 1 saturated carbocycles. The van der Waals surface area contributed by atoms with E-state index in [0.29, 0.717) is 12.1 Å². The van der Waals surface area contributed by atoms with Crippen molar-refractivity contribution < 1.29 is 0 Å². The Hall–Kier alpha value is -3.08. The van der Waals surface area contributed by atoms with E-state index in [9.17, 15) is 0 Å². The molecule has 0 N–H and O–H groups in total. The summed E-state index contributed by atoms with van der Waals surface area (Å²) in [5, 5.41) is 8.93. The van der Waals surface area contributed by atoms with Crippen molar-refractivity contribution in [1.82, 2.24) is 0 Å². The van der Waals surface area contributed by atoms with Gasteiger partial charge in [0.15, 0.2) is 0 Å². The van der Waals surface area contributed by atoms with Crippen LogP contribution in [-0.4, -0.2) is 5.66 Å². The lowest BCUT2D eigenvalue weighted by Crippen LogP contribution is -2.24. The molecule has 0 aromatic carbocycles. The van der Waals surface area contributed by atoms with Gasteiger partial charge < -0.3 is 0 Å². The van der Waals surface area contributed by atoms with Crippen LogP contribution in [0.5, 0.6) is 0 Å². The zero-order valence-corrected chi connectivity index (χ0v) is 18.4. The summed E-state index contributed by atoms with van der Waals surface area (Å²) < 4.78 is 0. The van der Waals surface area contributed by atoms with Crippen LogP contribution in [0, 0.1) is 36.5 Å². The molecule has 0 heterocycles. The van der Waals surface area contributed by atoms with E-state index in [1.807, 2.05) is 12.1 Å². The van der Waals surface area contributed by atoms with Crippen LogP contribution in [0.15, 0.2) is 47.7 Å². The van der Waals surface area contributed by atoms with Crippen molar-refractivity contribution in [2.24, 2.45) is 5.41 Å². The van der Waals surface area contributed by atoms with Gasteiger partial charge in [0.1, 0.15) is 12.0 Å². The zero-order valence-electron chi connectivity index (χ0n) is 18.4. The first-order chi connectivity index (χ1) is 14.4. The molecule has 2 rings (SSSR count). The van der Waals surface area contributed by atoms with Crippen molar-refractivity contribution in [2.75, 3.05) is 0 Å². The summed E-state index contributed by atoms with van der Waals surface area (Å²) in [5.41, 5.74) is 2.67. The van der Waals surface area contributed by atoms with Gasteiger partial charge in [-0.25, -0.2) is 32.9 Å². The quantitative estimate of drug-likeness (QED) is 0.263. The fraction of sp³-hybridized carbons (Fsp3) is 0.538. The number of hydrogen-bond acceptors (Lipinski definition) is 1. The molecule has 0 aromatic heterocycles. The Kier molecular flexibility index (Phi) is 9.82. The van der Waals surface area contributed by atoms with Crippen molar-refractivity contribution in [3.05, 3.63) is 82.0 Å². The van der Waals surface area contributed by atoms with E-state index in [1.165, 1.54) is 18.4 Å². The predicted molar refractivity (Wildman–Crippen MR) is 123 cm³/mol. The van der Waals surface area contributed by atoms with Crippen molar-refractivity contribution in [1.29, 1.82) is 5.26 Å². The van der Waals surface area contributed by atoms with Gasteiger partial charge in [0.25, 0.3) is 5.70 Å². The van der Waals surface area contributed by atoms with E-state index in [4.69, 9.17) is 25.0 Å². The fourth-order valence-corrected chi connectivity index (χ4v) is 4.55. The molecule has 30 heavy (non-hydrogen) atoms. The van der Waals surface area contributed by atoms with Crippen molar-refractivity contribution in [3.63, 3.8) is 0 Å². The van der Waals surface area contributed by atoms with Crippen LogP contribution in [0.1, 0.15) is 78.1 Å². The van der Waals surface area contributed by atoms with Crippen LogP contribution in [0.2, 0.25) is 0 Å². The molecule has 0 saturated heterocycles. The van der Waals surface area contributed by atoms with Crippen LogP contribution >= 0.6 is 0 Å². The lowest BCUT2D eigenvalue weighted by molar-refractivity contribution is 0.305. The third-order valence-corrected chi connectivity index (χ3v) is 6.26. The smallest absolute Gasteiger partial charge is 0.227 e. The monoisotopic (exact) mass is 400 g/mol. The maximum atomic E-state index is 8.93. The van der Waals surface area contributed by atoms with Gasteiger partial charge >= 0.3 is 5.66 Å². The lowest BCUT2D eigenvalue weighted by atomic mass is 9.69. The predicted octanol–water partition coefficient (Wildman–Crippen LogP) is 7.83. The average Bonchev–Trinajstić information content (AvgIpc) is 2.75. The Morgan fingerprint density at radius 1 is 1.10 bits per heavy atom. The Labute approximate surface area is 182 Å². The molecule has 0 radical (unpaired) electrons. The van der Waals surface area contributed by atoms with Gasteiger partial charge in [-0.2, -0.15) is 0 Å². The number of nitriles is 1. The summed E-state index contributed by atoms with van der Waals surface area (Å²) >= 11 is 0. The van der Waals surface area contributed by atoms with E-state index in [-0.39, 0.29) is 5.41 Å². The molecule has 2 aliphatic rings. The van der Waals surface area contributed by atoms with Gasteiger partial charge in [-0.15, -0.1) is 13.2 Å². The first kappa shape index (κ1) is 25.0. The molecule has 0 bridgehead atoms. The molecule has 156 valence electrons. The Bertz CT molecular complexity index is 846. The Morgan fingerprint density at radius 3 is 2.23 bits per heavy atom. The Balaban J connectivity index is 0.000000300. The third-order valence-electron chi connectivity index (χ3n) is 6.26. The lowest BCUT2D eigenvalue weighted by Gasteiger charge is -2.36. The number of nitrogens with zero attached hydrogens (tertiary/aromatic N) is 4. The molecule has 1 fully saturated rings. The van der Waals surface area contributed by atoms with Gasteiger partial charge in [-0.05, 0) is 62.9 Å². The highest BCUT2D eigenvalue weighted by Gasteiger charge is 2.48. The molecule has 0 aliphatic heterocycles. The zero-order chi connectivity index (χ0) is 22.6. The SMILES string of the molecule is [C-]#[N+]/C(C#N)=C1\CCCCC1(C)CC=C.[C-]#[N+]C(CC=C)([N+]#[C-])C1=C(C)CCCC1. The molecular weight excluding hydrogens is 368 g/mol. The fourth-order valence-electron chi connectivity index (χ4n) is 4.55. The molecule has 2 aliphatic carbocycles. The van der Waals surface area contributed by atoms with Crippen LogP contribution in [0.3, 0.4) is 0 Å². The summed E-state index contributed by atoms with van der Waals surface area (Å²) in [6.07, 6.45) is 13.4. The molecule has 0 amide bonds. The second kappa shape index (κ2) is 11.8. The second-order valence-corrected chi connectivity index (χ2v) is 8.31. The molecular formula is C26H32N4. The van der Waals surface area contributed by atoms with Crippen LogP contribution in [0.4, 0.5) is 0 Å². The highest BCUT2D eigenvalue weighted by molar-refractivity contribution is 5.38. The minimum Gasteiger partial charge on any atom is -0.227 e. The van der Waals surface area contributed by atoms with E-state index in [1.54, 1.807) is 6.08 Å². The Morgan fingerprint density at radius 2 is 1.73 bits per heavy atom. The standard InChI is InChI=1S/2C13H16N2/c1-5-10-13(14-3,15-4)12-9-7-6-8-11(12)2;1-4-8-13(2)9-6-5-7-11(13)12(10-14)15-3/h5H,1,6-10H2,2H3;4H,1,5-9H2,2H3/b;12-11+. The van der Waals surface area contributed by atoms with Crippen molar-refractivity contribution in [3.8, 4) is 6.07 Å². The summed E-state index contributed by atoms with van der Waals surface area (Å²) in [5.74, 6) is 0. The second-order valence-electron chi connectivity index (χ2n) is 8.31. The van der Waals surface area contributed by atoms with Gasteiger partial charge in [0.2, 0.25) is 0 Å². The topological polar surface area (TPSA) is 36.9 Å². The molecule has 1 atom stereocenters. The van der Waals surface area contributed by atoms with Gasteiger partial charge in [-0.1, -0.05) is 37.5 Å². The van der Waals surface area contributed by atoms with Crippen LogP contribution in [0.25, 0.3) is 14.5 Å². The molecule has 0 aromatic rings. The minimum absolute atomic E-state index is 0.00435. The van der Waals surface area contributed by atoms with Crippen molar-refractivity contribution in [2.45, 2.75) is 83.7 Å². The van der Waals surface area contributed by atoms with Gasteiger partial charge in [0.05, 0.1) is 12.6 Å². The van der Waals surface area contributed by atoms with E-state index in [0.717, 1.165) is 56.1 Å². The van der Waals surface area contributed by atoms with E-state index < -0.39 is 5.66 Å². The maximum absolute atomic E-state index is 8.93. The first-order valence-corrected chi connectivity index (χ1v) is 10.6. The number of rotatable bonds is 5. The highest BCUT2D eigenvalue weighted by Crippen LogP contribution is 2.45. The van der Waals surface area contributed by atoms with Crippen LogP contribution < -0.4 is 0 Å². The van der Waals surface area contributed by atoms with Gasteiger partial charge in [0, 0.05) is 0 Å². The maximum Gasteiger partial charge on any atom is 0.509 e. The van der Waals surface area contributed by atoms with Crippen molar-refractivity contribution >= 4 is 0 Å². The summed E-state index contributed by atoms with van der Waals surface area (Å²) in [6, 6.07) is 2.03. The van der Waals surface area contributed by atoms with E-state index in [2.05, 4.69) is 41.5 Å². The normalized spacial score (nSPS) is 22.7. The molecule has 4 nitrogen and oxygen atoms in total. The van der Waals surface area contributed by atoms with Crippen LogP contribution in [-0.2, 0) is 0 Å². The first-order valence-electron chi connectivity index (χ1n) is 10.6. The average molecular weight is 401 g/mol. The third kappa shape index (κ3) is 5.72. The minimum atomic E-state index is -0.980. The summed E-state index contributed by atoms with van der Waals surface area (Å²) in [4.78, 5) is 10.5. The largest absolute Gasteiger partial charge is 0.509 e. The molecule has 1 unspecified atom stereocenters. The molecule has 4 heteroatoms. The summed E-state index contributed by atoms with van der Waals surface area (Å²) in [6.45, 7) is 33.2. The highest BCUT2D eigenvalue weighted by atomic mass is 15.0. The number of hydrogen-bond donors (Lipinski definition) is 0.